The molecule has 4 nitrogen and oxygen atoms in total. The highest BCUT2D eigenvalue weighted by molar-refractivity contribution is 7.80. The minimum absolute atomic E-state index is 0.0561. The van der Waals surface area contributed by atoms with Crippen molar-refractivity contribution in [2.75, 3.05) is 11.5 Å². The predicted octanol–water partition coefficient (Wildman–Crippen LogP) is -0.766. The predicted molar refractivity (Wildman–Crippen MR) is 58.0 cm³/mol. The fourth-order valence-corrected chi connectivity index (χ4v) is 1.26. The van der Waals surface area contributed by atoms with Crippen molar-refractivity contribution in [1.29, 1.82) is 0 Å². The zero-order valence-electron chi connectivity index (χ0n) is 7.14. The Labute approximate surface area is 88.2 Å². The average molecular weight is 222 g/mol. The van der Waals surface area contributed by atoms with Gasteiger partial charge in [-0.25, -0.2) is 0 Å². The summed E-state index contributed by atoms with van der Waals surface area (Å²) in [6.45, 7) is 0. The largest absolute Gasteiger partial charge is 0.369 e. The van der Waals surface area contributed by atoms with Crippen LogP contribution in [0.5, 0.6) is 0 Å². The van der Waals surface area contributed by atoms with E-state index in [4.69, 9.17) is 11.5 Å². The van der Waals surface area contributed by atoms with E-state index in [-0.39, 0.29) is 23.7 Å². The van der Waals surface area contributed by atoms with Gasteiger partial charge in [0.15, 0.2) is 5.78 Å². The number of Topliss-reactive ketones (excluding diaryl/α,β-unsaturated/α-hetero) is 1. The molecule has 0 aliphatic rings. The van der Waals surface area contributed by atoms with E-state index in [1.807, 2.05) is 0 Å². The number of ketones is 1. The van der Waals surface area contributed by atoms with Crippen molar-refractivity contribution >= 4 is 36.9 Å². The molecule has 0 aromatic rings. The maximum atomic E-state index is 11.2. The molecule has 0 aliphatic heterocycles. The third-order valence-electron chi connectivity index (χ3n) is 1.68. The number of amides is 1. The molecule has 0 fully saturated rings. The Morgan fingerprint density at radius 3 is 2.08 bits per heavy atom. The Morgan fingerprint density at radius 1 is 1.23 bits per heavy atom. The van der Waals surface area contributed by atoms with Gasteiger partial charge in [0.1, 0.15) is 0 Å². The molecule has 0 saturated heterocycles. The molecule has 0 spiro atoms. The van der Waals surface area contributed by atoms with E-state index in [2.05, 4.69) is 25.3 Å². The van der Waals surface area contributed by atoms with Crippen molar-refractivity contribution in [3.05, 3.63) is 0 Å². The molecule has 13 heavy (non-hydrogen) atoms. The van der Waals surface area contributed by atoms with Gasteiger partial charge in [0.2, 0.25) is 5.91 Å². The van der Waals surface area contributed by atoms with Crippen LogP contribution in [0.4, 0.5) is 0 Å². The quantitative estimate of drug-likeness (QED) is 0.445. The van der Waals surface area contributed by atoms with Gasteiger partial charge >= 0.3 is 0 Å². The van der Waals surface area contributed by atoms with Crippen molar-refractivity contribution in [3.8, 4) is 0 Å². The van der Waals surface area contributed by atoms with Gasteiger partial charge < -0.3 is 11.5 Å². The zero-order chi connectivity index (χ0) is 10.4. The maximum Gasteiger partial charge on any atom is 0.221 e. The second-order valence-electron chi connectivity index (χ2n) is 2.74. The molecule has 0 bridgehead atoms. The van der Waals surface area contributed by atoms with Crippen LogP contribution in [0, 0.1) is 5.92 Å². The second kappa shape index (κ2) is 6.28. The number of hydrogen-bond acceptors (Lipinski definition) is 5. The lowest BCUT2D eigenvalue weighted by Crippen LogP contribution is -2.36. The number of primary amides is 1. The number of carbonyl (C=O) groups excluding carboxylic acids is 2. The summed E-state index contributed by atoms with van der Waals surface area (Å²) in [5.74, 6) is -0.707. The highest BCUT2D eigenvalue weighted by Gasteiger charge is 2.20. The summed E-state index contributed by atoms with van der Waals surface area (Å²) in [5.41, 5.74) is 10.5. The molecule has 76 valence electrons. The fourth-order valence-electron chi connectivity index (χ4n) is 0.751. The van der Waals surface area contributed by atoms with E-state index in [0.717, 1.165) is 0 Å². The van der Waals surface area contributed by atoms with Crippen molar-refractivity contribution < 1.29 is 9.59 Å². The zero-order valence-corrected chi connectivity index (χ0v) is 8.93. The first-order chi connectivity index (χ1) is 6.02. The van der Waals surface area contributed by atoms with Crippen LogP contribution in [0.3, 0.4) is 0 Å². The lowest BCUT2D eigenvalue weighted by atomic mass is 10.0. The molecule has 2 atom stereocenters. The first kappa shape index (κ1) is 12.8. The molecule has 4 N–H and O–H groups in total. The Hall–Kier alpha value is -0.200. The molecule has 0 saturated carbocycles. The van der Waals surface area contributed by atoms with Crippen LogP contribution in [-0.2, 0) is 9.59 Å². The second-order valence-corrected chi connectivity index (χ2v) is 3.47. The van der Waals surface area contributed by atoms with Gasteiger partial charge in [-0.3, -0.25) is 9.59 Å². The molecule has 0 radical (unpaired) electrons. The van der Waals surface area contributed by atoms with E-state index in [0.29, 0.717) is 0 Å². The number of hydrogen-bond donors (Lipinski definition) is 4. The lowest BCUT2D eigenvalue weighted by Gasteiger charge is -2.12. The molecular formula is C7H14N2O2S2. The van der Waals surface area contributed by atoms with Gasteiger partial charge in [-0.2, -0.15) is 25.3 Å². The van der Waals surface area contributed by atoms with Crippen LogP contribution in [0.1, 0.15) is 6.42 Å². The Morgan fingerprint density at radius 2 is 1.77 bits per heavy atom. The average Bonchev–Trinajstić information content (AvgIpc) is 2.11. The summed E-state index contributed by atoms with van der Waals surface area (Å²) in [6, 6.07) is -0.620. The minimum atomic E-state index is -0.620. The van der Waals surface area contributed by atoms with Crippen molar-refractivity contribution in [1.82, 2.24) is 0 Å². The van der Waals surface area contributed by atoms with Crippen molar-refractivity contribution in [2.24, 2.45) is 17.4 Å². The molecule has 0 heterocycles. The van der Waals surface area contributed by atoms with Gasteiger partial charge in [0.05, 0.1) is 12.0 Å². The van der Waals surface area contributed by atoms with Crippen LogP contribution in [0.15, 0.2) is 0 Å². The van der Waals surface area contributed by atoms with Gasteiger partial charge in [0, 0.05) is 17.9 Å². The molecule has 0 rings (SSSR count). The van der Waals surface area contributed by atoms with Crippen LogP contribution in [0.25, 0.3) is 0 Å². The van der Waals surface area contributed by atoms with Gasteiger partial charge in [-0.05, 0) is 0 Å². The summed E-state index contributed by atoms with van der Waals surface area (Å²) in [4.78, 5) is 22.0. The van der Waals surface area contributed by atoms with Gasteiger partial charge in [-0.1, -0.05) is 0 Å². The minimum Gasteiger partial charge on any atom is -0.369 e. The summed E-state index contributed by atoms with van der Waals surface area (Å²) < 4.78 is 0. The molecular weight excluding hydrogens is 208 g/mol. The van der Waals surface area contributed by atoms with E-state index >= 15 is 0 Å². The van der Waals surface area contributed by atoms with E-state index in [1.165, 1.54) is 0 Å². The third kappa shape index (κ3) is 4.54. The molecule has 0 aromatic carbocycles. The highest BCUT2D eigenvalue weighted by atomic mass is 32.1. The Kier molecular flexibility index (Phi) is 6.19. The van der Waals surface area contributed by atoms with Crippen LogP contribution in [-0.4, -0.2) is 29.2 Å². The van der Waals surface area contributed by atoms with Gasteiger partial charge in [0.25, 0.3) is 0 Å². The van der Waals surface area contributed by atoms with Crippen molar-refractivity contribution in [3.63, 3.8) is 0 Å². The molecule has 0 unspecified atom stereocenters. The van der Waals surface area contributed by atoms with Crippen LogP contribution in [0.2, 0.25) is 0 Å². The monoisotopic (exact) mass is 222 g/mol. The highest BCUT2D eigenvalue weighted by Crippen LogP contribution is 2.07. The van der Waals surface area contributed by atoms with Crippen molar-refractivity contribution in [2.45, 2.75) is 12.5 Å². The first-order valence-corrected chi connectivity index (χ1v) is 5.08. The smallest absolute Gasteiger partial charge is 0.221 e. The molecule has 0 aliphatic carbocycles. The topological polar surface area (TPSA) is 86.2 Å². The normalized spacial score (nSPS) is 15.0. The number of nitrogens with two attached hydrogens (primary N) is 2. The fraction of sp³-hybridized carbons (Fsp3) is 0.714. The summed E-state index contributed by atoms with van der Waals surface area (Å²) in [6.07, 6.45) is 0.0561. The number of carbonyl (C=O) groups is 2. The molecule has 0 aromatic heterocycles. The van der Waals surface area contributed by atoms with E-state index < -0.39 is 17.9 Å². The third-order valence-corrected chi connectivity index (χ3v) is 2.51. The summed E-state index contributed by atoms with van der Waals surface area (Å²) in [5, 5.41) is 0. The van der Waals surface area contributed by atoms with E-state index in [1.54, 1.807) is 0 Å². The van der Waals surface area contributed by atoms with E-state index in [9.17, 15) is 9.59 Å². The standard InChI is InChI=1S/C7H14N2O2S2/c8-5(3-13)6(10)1-4(2-12)7(9)11/h4-5,12-13H,1-3,8H2,(H2,9,11)/t4-,5-/m1/s1. The number of thiol groups is 2. The molecule has 1 amide bonds. The van der Waals surface area contributed by atoms with Crippen LogP contribution < -0.4 is 11.5 Å². The number of rotatable bonds is 6. The summed E-state index contributed by atoms with van der Waals surface area (Å²) >= 11 is 7.79. The Balaban J connectivity index is 4.09. The lowest BCUT2D eigenvalue weighted by molar-refractivity contribution is -0.127. The van der Waals surface area contributed by atoms with Crippen LogP contribution >= 0.6 is 25.3 Å². The maximum absolute atomic E-state index is 11.2. The Bertz CT molecular complexity index is 199. The summed E-state index contributed by atoms with van der Waals surface area (Å²) in [7, 11) is 0. The SMILES string of the molecule is NC(=O)[C@@H](CS)CC(=O)[C@H](N)CS. The molecule has 6 heteroatoms. The first-order valence-electron chi connectivity index (χ1n) is 3.82. The van der Waals surface area contributed by atoms with Gasteiger partial charge in [-0.15, -0.1) is 0 Å².